The van der Waals surface area contributed by atoms with Crippen LogP contribution in [0.1, 0.15) is 28.8 Å². The van der Waals surface area contributed by atoms with Crippen LogP contribution in [-0.4, -0.2) is 70.0 Å². The summed E-state index contributed by atoms with van der Waals surface area (Å²) in [5.41, 5.74) is -0.627. The van der Waals surface area contributed by atoms with Crippen LogP contribution in [-0.2, 0) is 16.2 Å². The van der Waals surface area contributed by atoms with Gasteiger partial charge in [-0.25, -0.2) is 27.7 Å². The molecule has 0 atom stereocenters. The fourth-order valence-electron chi connectivity index (χ4n) is 4.26. The Morgan fingerprint density at radius 3 is 2.61 bits per heavy atom. The fraction of sp³-hybridized carbons (Fsp3) is 0.364. The molecule has 1 fully saturated rings. The van der Waals surface area contributed by atoms with Crippen molar-refractivity contribution in [1.82, 2.24) is 23.8 Å². The van der Waals surface area contributed by atoms with Crippen molar-refractivity contribution in [2.45, 2.75) is 25.1 Å². The number of nitrogens with one attached hydrogen (secondary N) is 1. The maximum atomic E-state index is 13.8. The molecular formula is C22H21F3N6O4S. The van der Waals surface area contributed by atoms with Crippen molar-refractivity contribution >= 4 is 21.8 Å². The number of ketones is 1. The summed E-state index contributed by atoms with van der Waals surface area (Å²) in [5.74, 6) is 0.147. The first-order valence-corrected chi connectivity index (χ1v) is 12.8. The van der Waals surface area contributed by atoms with Gasteiger partial charge >= 0.3 is 6.18 Å². The van der Waals surface area contributed by atoms with Gasteiger partial charge in [-0.1, -0.05) is 6.07 Å². The molecule has 5 rings (SSSR count). The zero-order chi connectivity index (χ0) is 25.7. The molecule has 3 aromatic rings. The smallest absolute Gasteiger partial charge is 0.420 e. The Morgan fingerprint density at radius 2 is 1.92 bits per heavy atom. The molecule has 2 aromatic heterocycles. The molecule has 0 radical (unpaired) electrons. The lowest BCUT2D eigenvalue weighted by molar-refractivity contribution is -0.137. The first kappa shape index (κ1) is 24.2. The molecule has 0 bridgehead atoms. The maximum Gasteiger partial charge on any atom is 0.420 e. The van der Waals surface area contributed by atoms with E-state index in [-0.39, 0.29) is 30.1 Å². The average Bonchev–Trinajstić information content (AvgIpc) is 3.45. The molecular weight excluding hydrogens is 501 g/mol. The molecule has 1 N–H and O–H groups in total. The topological polar surface area (TPSA) is 119 Å². The number of nitrogens with zero attached hydrogens (tertiary/aromatic N) is 5. The molecule has 36 heavy (non-hydrogen) atoms. The monoisotopic (exact) mass is 522 g/mol. The molecule has 4 heterocycles. The van der Waals surface area contributed by atoms with Crippen molar-refractivity contribution in [3.05, 3.63) is 48.0 Å². The summed E-state index contributed by atoms with van der Waals surface area (Å²) in [6.45, 7) is 0.483. The molecule has 0 amide bonds. The maximum absolute atomic E-state index is 13.8. The van der Waals surface area contributed by atoms with E-state index in [4.69, 9.17) is 4.74 Å². The van der Waals surface area contributed by atoms with Crippen LogP contribution in [0, 0.1) is 0 Å². The number of carbonyl (C=O) groups excluding carboxylic acids is 1. The highest BCUT2D eigenvalue weighted by atomic mass is 32.2. The Morgan fingerprint density at radius 1 is 1.17 bits per heavy atom. The van der Waals surface area contributed by atoms with Crippen molar-refractivity contribution in [2.75, 3.05) is 31.3 Å². The molecule has 0 saturated carbocycles. The number of carbonyl (C=O) groups is 1. The van der Waals surface area contributed by atoms with E-state index in [9.17, 15) is 26.4 Å². The van der Waals surface area contributed by atoms with Crippen molar-refractivity contribution in [3.63, 3.8) is 0 Å². The standard InChI is InChI=1S/C22H21F3N6O4S/c1-36(33,34)31-7-5-13(6-8-31)28-21-26-9-15(22(23,24)25)19(29-21)16-10-30(12-27-16)17-4-2-3-14-18(32)11-35-20(14)17/h2-4,9-10,12-13H,5-8,11H2,1H3,(H,26,28,29). The number of aromatic nitrogens is 4. The van der Waals surface area contributed by atoms with Gasteiger partial charge in [0, 0.05) is 31.5 Å². The van der Waals surface area contributed by atoms with Gasteiger partial charge in [-0.3, -0.25) is 4.79 Å². The normalized spacial score (nSPS) is 17.2. The van der Waals surface area contributed by atoms with E-state index in [0.29, 0.717) is 49.1 Å². The fourth-order valence-corrected chi connectivity index (χ4v) is 5.13. The van der Waals surface area contributed by atoms with Crippen LogP contribution in [0.2, 0.25) is 0 Å². The van der Waals surface area contributed by atoms with E-state index in [2.05, 4.69) is 20.3 Å². The van der Waals surface area contributed by atoms with Crippen LogP contribution < -0.4 is 10.1 Å². The summed E-state index contributed by atoms with van der Waals surface area (Å²) < 4.78 is 73.0. The molecule has 1 saturated heterocycles. The number of alkyl halides is 3. The molecule has 0 unspecified atom stereocenters. The Labute approximate surface area is 204 Å². The summed E-state index contributed by atoms with van der Waals surface area (Å²) in [6, 6.07) is 4.75. The van der Waals surface area contributed by atoms with Crippen molar-refractivity contribution < 1.29 is 31.1 Å². The number of hydrogen-bond acceptors (Lipinski definition) is 8. The van der Waals surface area contributed by atoms with Gasteiger partial charge in [0.2, 0.25) is 21.8 Å². The Balaban J connectivity index is 1.44. The lowest BCUT2D eigenvalue weighted by Crippen LogP contribution is -2.42. The molecule has 14 heteroatoms. The predicted octanol–water partition coefficient (Wildman–Crippen LogP) is 2.76. The van der Waals surface area contributed by atoms with Gasteiger partial charge in [0.15, 0.2) is 12.4 Å². The van der Waals surface area contributed by atoms with Gasteiger partial charge in [-0.2, -0.15) is 13.2 Å². The second-order valence-corrected chi connectivity index (χ2v) is 10.5. The van der Waals surface area contributed by atoms with Crippen molar-refractivity contribution in [1.29, 1.82) is 0 Å². The zero-order valence-corrected chi connectivity index (χ0v) is 19.8. The number of ether oxygens (including phenoxy) is 1. The molecule has 190 valence electrons. The van der Waals surface area contributed by atoms with Crippen LogP contribution in [0.3, 0.4) is 0 Å². The average molecular weight is 523 g/mol. The third-order valence-electron chi connectivity index (χ3n) is 6.10. The number of fused-ring (bicyclic) bond motifs is 1. The summed E-state index contributed by atoms with van der Waals surface area (Å²) in [5, 5.41) is 3.02. The molecule has 2 aliphatic heterocycles. The first-order chi connectivity index (χ1) is 17.0. The van der Waals surface area contributed by atoms with E-state index < -0.39 is 27.5 Å². The summed E-state index contributed by atoms with van der Waals surface area (Å²) in [7, 11) is -3.30. The van der Waals surface area contributed by atoms with Gasteiger partial charge in [0.05, 0.1) is 17.5 Å². The largest absolute Gasteiger partial charge is 0.482 e. The Bertz CT molecular complexity index is 1430. The second kappa shape index (κ2) is 8.85. The number of rotatable bonds is 5. The molecule has 0 spiro atoms. The van der Waals surface area contributed by atoms with E-state index in [1.165, 1.54) is 21.4 Å². The van der Waals surface area contributed by atoms with Crippen LogP contribution >= 0.6 is 0 Å². The van der Waals surface area contributed by atoms with E-state index >= 15 is 0 Å². The van der Waals surface area contributed by atoms with Crippen molar-refractivity contribution in [2.24, 2.45) is 0 Å². The molecule has 1 aromatic carbocycles. The number of anilines is 1. The highest BCUT2D eigenvalue weighted by Crippen LogP contribution is 2.37. The number of Topliss-reactive ketones (excluding diaryl/α,β-unsaturated/α-hetero) is 1. The van der Waals surface area contributed by atoms with Crippen LogP contribution in [0.4, 0.5) is 19.1 Å². The molecule has 0 aliphatic carbocycles. The summed E-state index contributed by atoms with van der Waals surface area (Å²) >= 11 is 0. The number of para-hydroxylation sites is 1. The van der Waals surface area contributed by atoms with Gasteiger partial charge < -0.3 is 14.6 Å². The zero-order valence-electron chi connectivity index (χ0n) is 19.0. The molecule has 10 nitrogen and oxygen atoms in total. The number of imidazole rings is 1. The highest BCUT2D eigenvalue weighted by Gasteiger charge is 2.36. The summed E-state index contributed by atoms with van der Waals surface area (Å²) in [4.78, 5) is 24.1. The number of benzene rings is 1. The number of sulfonamides is 1. The first-order valence-electron chi connectivity index (χ1n) is 11.0. The SMILES string of the molecule is CS(=O)(=O)N1CCC(Nc2ncc(C(F)(F)F)c(-c3cn(-c4cccc5c4OCC5=O)cn3)n2)CC1. The third kappa shape index (κ3) is 4.65. The van der Waals surface area contributed by atoms with Gasteiger partial charge in [-0.05, 0) is 25.0 Å². The van der Waals surface area contributed by atoms with Crippen LogP contribution in [0.25, 0.3) is 17.1 Å². The molecule has 2 aliphatic rings. The third-order valence-corrected chi connectivity index (χ3v) is 7.40. The van der Waals surface area contributed by atoms with Gasteiger partial charge in [0.1, 0.15) is 23.3 Å². The predicted molar refractivity (Wildman–Crippen MR) is 122 cm³/mol. The minimum absolute atomic E-state index is 0.0140. The number of halogens is 3. The van der Waals surface area contributed by atoms with Crippen LogP contribution in [0.5, 0.6) is 5.75 Å². The second-order valence-electron chi connectivity index (χ2n) is 8.57. The van der Waals surface area contributed by atoms with E-state index in [1.807, 2.05) is 0 Å². The lowest BCUT2D eigenvalue weighted by Gasteiger charge is -2.30. The van der Waals surface area contributed by atoms with E-state index in [1.54, 1.807) is 18.2 Å². The Kier molecular flexibility index (Phi) is 5.95. The van der Waals surface area contributed by atoms with E-state index in [0.717, 1.165) is 6.26 Å². The van der Waals surface area contributed by atoms with Crippen LogP contribution in [0.15, 0.2) is 36.9 Å². The number of piperidine rings is 1. The Hall–Kier alpha value is -3.52. The minimum Gasteiger partial charge on any atom is -0.482 e. The van der Waals surface area contributed by atoms with Gasteiger partial charge in [0.25, 0.3) is 0 Å². The minimum atomic E-state index is -4.72. The lowest BCUT2D eigenvalue weighted by atomic mass is 10.1. The number of hydrogen-bond donors (Lipinski definition) is 1. The quantitative estimate of drug-likeness (QED) is 0.543. The van der Waals surface area contributed by atoms with Gasteiger partial charge in [-0.15, -0.1) is 0 Å². The highest BCUT2D eigenvalue weighted by molar-refractivity contribution is 7.88. The van der Waals surface area contributed by atoms with Crippen molar-refractivity contribution in [3.8, 4) is 22.8 Å². The summed E-state index contributed by atoms with van der Waals surface area (Å²) in [6.07, 6.45) is 0.748.